The maximum atomic E-state index is 12.5. The first-order valence-corrected chi connectivity index (χ1v) is 9.77. The van der Waals surface area contributed by atoms with Crippen LogP contribution in [0.1, 0.15) is 58.8 Å². The molecule has 1 N–H and O–H groups in total. The summed E-state index contributed by atoms with van der Waals surface area (Å²) in [5.74, 6) is 0.571. The number of nitrogens with one attached hydrogen (secondary N) is 1. The van der Waals surface area contributed by atoms with Gasteiger partial charge in [0.15, 0.2) is 0 Å². The van der Waals surface area contributed by atoms with Crippen LogP contribution in [0.3, 0.4) is 0 Å². The van der Waals surface area contributed by atoms with Gasteiger partial charge in [-0.25, -0.2) is 4.79 Å². The van der Waals surface area contributed by atoms with E-state index < -0.39 is 0 Å². The maximum absolute atomic E-state index is 12.5. The summed E-state index contributed by atoms with van der Waals surface area (Å²) in [6, 6.07) is 0.490. The first-order chi connectivity index (χ1) is 11.5. The van der Waals surface area contributed by atoms with Gasteiger partial charge in [0, 0.05) is 31.7 Å². The summed E-state index contributed by atoms with van der Waals surface area (Å²) in [7, 11) is 0. The Morgan fingerprint density at radius 2 is 1.88 bits per heavy atom. The van der Waals surface area contributed by atoms with Crippen molar-refractivity contribution in [2.45, 2.75) is 70.9 Å². The van der Waals surface area contributed by atoms with Crippen molar-refractivity contribution >= 4 is 6.03 Å². The zero-order valence-corrected chi connectivity index (χ0v) is 15.4. The summed E-state index contributed by atoms with van der Waals surface area (Å²) in [6.07, 6.45) is 7.99. The zero-order valence-electron chi connectivity index (χ0n) is 15.4. The number of rotatable bonds is 4. The lowest BCUT2D eigenvalue weighted by Gasteiger charge is -2.37. The average molecular weight is 338 g/mol. The van der Waals surface area contributed by atoms with E-state index in [1.807, 2.05) is 4.90 Å². The fourth-order valence-electron chi connectivity index (χ4n) is 4.02. The van der Waals surface area contributed by atoms with Crippen molar-refractivity contribution in [3.63, 3.8) is 0 Å². The van der Waals surface area contributed by atoms with E-state index in [1.54, 1.807) is 0 Å². The monoisotopic (exact) mass is 338 g/mol. The quantitative estimate of drug-likeness (QED) is 0.856. The molecule has 5 heteroatoms. The summed E-state index contributed by atoms with van der Waals surface area (Å²) >= 11 is 0. The molecule has 0 radical (unpaired) electrons. The molecule has 1 atom stereocenters. The molecule has 0 aromatic rings. The first kappa shape index (κ1) is 18.0. The van der Waals surface area contributed by atoms with Gasteiger partial charge in [0.25, 0.3) is 0 Å². The second-order valence-corrected chi connectivity index (χ2v) is 8.64. The van der Waals surface area contributed by atoms with E-state index in [0.717, 1.165) is 65.0 Å². The minimum atomic E-state index is 0.127. The van der Waals surface area contributed by atoms with Crippen molar-refractivity contribution in [1.82, 2.24) is 10.2 Å². The molecule has 3 aliphatic rings. The summed E-state index contributed by atoms with van der Waals surface area (Å²) in [5, 5.41) is 3.25. The molecule has 0 aromatic carbocycles. The van der Waals surface area contributed by atoms with Gasteiger partial charge < -0.3 is 19.7 Å². The van der Waals surface area contributed by atoms with Crippen LogP contribution >= 0.6 is 0 Å². The largest absolute Gasteiger partial charge is 0.381 e. The number of piperidine rings is 1. The van der Waals surface area contributed by atoms with E-state index in [2.05, 4.69) is 19.2 Å². The van der Waals surface area contributed by atoms with Crippen molar-refractivity contribution < 1.29 is 14.3 Å². The number of ether oxygens (including phenoxy) is 2. The summed E-state index contributed by atoms with van der Waals surface area (Å²) in [5.41, 5.74) is 0.446. The first-order valence-electron chi connectivity index (χ1n) is 9.77. The Kier molecular flexibility index (Phi) is 6.03. The number of likely N-dealkylation sites (tertiary alicyclic amines) is 1. The number of urea groups is 1. The van der Waals surface area contributed by atoms with Gasteiger partial charge in [0.1, 0.15) is 0 Å². The van der Waals surface area contributed by atoms with Gasteiger partial charge >= 0.3 is 6.03 Å². The van der Waals surface area contributed by atoms with Crippen molar-refractivity contribution in [2.24, 2.45) is 11.3 Å². The third-order valence-corrected chi connectivity index (χ3v) is 5.99. The number of carbonyl (C=O) groups is 1. The van der Waals surface area contributed by atoms with Crippen LogP contribution in [0.15, 0.2) is 0 Å². The van der Waals surface area contributed by atoms with Crippen LogP contribution in [0.2, 0.25) is 0 Å². The second kappa shape index (κ2) is 8.05. The minimum Gasteiger partial charge on any atom is -0.381 e. The predicted molar refractivity (Wildman–Crippen MR) is 94.0 cm³/mol. The van der Waals surface area contributed by atoms with Crippen LogP contribution in [0, 0.1) is 11.3 Å². The molecule has 0 aromatic heterocycles. The lowest BCUT2D eigenvalue weighted by Crippen LogP contribution is -2.50. The van der Waals surface area contributed by atoms with Crippen LogP contribution in [-0.2, 0) is 9.47 Å². The van der Waals surface area contributed by atoms with Gasteiger partial charge in [-0.3, -0.25) is 0 Å². The second-order valence-electron chi connectivity index (χ2n) is 8.64. The molecule has 2 heterocycles. The molecule has 0 unspecified atom stereocenters. The Balaban J connectivity index is 1.33. The highest BCUT2D eigenvalue weighted by molar-refractivity contribution is 5.74. The van der Waals surface area contributed by atoms with Gasteiger partial charge in [0.05, 0.1) is 19.3 Å². The van der Waals surface area contributed by atoms with Crippen LogP contribution in [0.4, 0.5) is 4.79 Å². The van der Waals surface area contributed by atoms with Gasteiger partial charge in [0.2, 0.25) is 0 Å². The van der Waals surface area contributed by atoms with Crippen LogP contribution in [0.25, 0.3) is 0 Å². The highest BCUT2D eigenvalue weighted by atomic mass is 16.5. The van der Waals surface area contributed by atoms with E-state index in [9.17, 15) is 4.79 Å². The fraction of sp³-hybridized carbons (Fsp3) is 0.947. The molecule has 3 rings (SSSR count). The van der Waals surface area contributed by atoms with Crippen LogP contribution < -0.4 is 5.32 Å². The third kappa shape index (κ3) is 5.09. The lowest BCUT2D eigenvalue weighted by atomic mass is 9.75. The third-order valence-electron chi connectivity index (χ3n) is 5.99. The van der Waals surface area contributed by atoms with Crippen molar-refractivity contribution in [2.75, 3.05) is 32.9 Å². The molecule has 24 heavy (non-hydrogen) atoms. The minimum absolute atomic E-state index is 0.127. The molecule has 2 aliphatic heterocycles. The predicted octanol–water partition coefficient (Wildman–Crippen LogP) is 3.18. The van der Waals surface area contributed by atoms with Crippen molar-refractivity contribution in [1.29, 1.82) is 0 Å². The molecular weight excluding hydrogens is 304 g/mol. The highest BCUT2D eigenvalue weighted by Crippen LogP contribution is 2.35. The van der Waals surface area contributed by atoms with E-state index in [0.29, 0.717) is 23.5 Å². The van der Waals surface area contributed by atoms with Crippen molar-refractivity contribution in [3.05, 3.63) is 0 Å². The normalized spacial score (nSPS) is 28.9. The summed E-state index contributed by atoms with van der Waals surface area (Å²) in [4.78, 5) is 14.4. The maximum Gasteiger partial charge on any atom is 0.317 e. The molecule has 1 saturated carbocycles. The van der Waals surface area contributed by atoms with E-state index in [-0.39, 0.29) is 6.03 Å². The van der Waals surface area contributed by atoms with E-state index >= 15 is 0 Å². The SMILES string of the molecule is CC1(C)CCC(NC(=O)N2CCC(OC[C@@H]3CCOC3)CC2)CC1. The van der Waals surface area contributed by atoms with E-state index in [1.165, 1.54) is 12.8 Å². The number of hydrogen-bond acceptors (Lipinski definition) is 3. The van der Waals surface area contributed by atoms with E-state index in [4.69, 9.17) is 9.47 Å². The number of hydrogen-bond donors (Lipinski definition) is 1. The topological polar surface area (TPSA) is 50.8 Å². The molecule has 0 spiro atoms. The lowest BCUT2D eigenvalue weighted by molar-refractivity contribution is -0.00457. The number of carbonyl (C=O) groups excluding carboxylic acids is 1. The molecule has 138 valence electrons. The van der Waals surface area contributed by atoms with Gasteiger partial charge in [-0.05, 0) is 50.4 Å². The molecule has 5 nitrogen and oxygen atoms in total. The Labute approximate surface area is 146 Å². The molecule has 0 bridgehead atoms. The number of amides is 2. The van der Waals surface area contributed by atoms with Gasteiger partial charge in [-0.2, -0.15) is 0 Å². The Bertz CT molecular complexity index is 403. The smallest absolute Gasteiger partial charge is 0.317 e. The molecule has 1 aliphatic carbocycles. The zero-order chi connectivity index (χ0) is 17.0. The Hall–Kier alpha value is -0.810. The Morgan fingerprint density at radius 1 is 1.17 bits per heavy atom. The van der Waals surface area contributed by atoms with Gasteiger partial charge in [-0.15, -0.1) is 0 Å². The fourth-order valence-corrected chi connectivity index (χ4v) is 4.02. The van der Waals surface area contributed by atoms with Crippen LogP contribution in [0.5, 0.6) is 0 Å². The standard InChI is InChI=1S/C19H34N2O3/c1-19(2)8-3-16(4-9-19)20-18(22)21-10-5-17(6-11-21)24-14-15-7-12-23-13-15/h15-17H,3-14H2,1-2H3,(H,20,22)/t15-/m1/s1. The molecule has 2 saturated heterocycles. The Morgan fingerprint density at radius 3 is 2.50 bits per heavy atom. The van der Waals surface area contributed by atoms with Gasteiger partial charge in [-0.1, -0.05) is 13.8 Å². The van der Waals surface area contributed by atoms with Crippen LogP contribution in [-0.4, -0.2) is 56.0 Å². The molecular formula is C19H34N2O3. The highest BCUT2D eigenvalue weighted by Gasteiger charge is 2.30. The van der Waals surface area contributed by atoms with Crippen molar-refractivity contribution in [3.8, 4) is 0 Å². The molecule has 2 amide bonds. The number of nitrogens with zero attached hydrogens (tertiary/aromatic N) is 1. The molecule has 3 fully saturated rings. The summed E-state index contributed by atoms with van der Waals surface area (Å²) in [6.45, 7) is 8.83. The summed E-state index contributed by atoms with van der Waals surface area (Å²) < 4.78 is 11.4. The average Bonchev–Trinajstić information content (AvgIpc) is 3.09.